The van der Waals surface area contributed by atoms with Crippen LogP contribution in [0.3, 0.4) is 0 Å². The van der Waals surface area contributed by atoms with E-state index in [1.807, 2.05) is 13.1 Å². The summed E-state index contributed by atoms with van der Waals surface area (Å²) in [5, 5.41) is 3.98. The predicted octanol–water partition coefficient (Wildman–Crippen LogP) is 1.78. The summed E-state index contributed by atoms with van der Waals surface area (Å²) in [4.78, 5) is 11.2. The standard InChI is InChI=1S/C11H16N2O2/c1-3-4-9-15-11(14)6-5-10-7-8-12-13(10)2/h5-8H,3-4,9H2,1-2H3/b6-5+. The smallest absolute Gasteiger partial charge is 0.330 e. The van der Waals surface area contributed by atoms with Gasteiger partial charge in [-0.25, -0.2) is 4.79 Å². The Morgan fingerprint density at radius 3 is 3.07 bits per heavy atom. The van der Waals surface area contributed by atoms with Gasteiger partial charge in [0.15, 0.2) is 0 Å². The normalized spacial score (nSPS) is 10.8. The fourth-order valence-electron chi connectivity index (χ4n) is 1.07. The van der Waals surface area contributed by atoms with Crippen LogP contribution in [0.1, 0.15) is 25.5 Å². The van der Waals surface area contributed by atoms with E-state index in [1.165, 1.54) is 6.08 Å². The highest BCUT2D eigenvalue weighted by Crippen LogP contribution is 1.99. The Kier molecular flexibility index (Phi) is 4.60. The molecule has 0 bridgehead atoms. The second-order valence-electron chi connectivity index (χ2n) is 3.23. The molecule has 1 aromatic rings. The van der Waals surface area contributed by atoms with Gasteiger partial charge in [-0.2, -0.15) is 5.10 Å². The van der Waals surface area contributed by atoms with E-state index < -0.39 is 0 Å². The highest BCUT2D eigenvalue weighted by molar-refractivity contribution is 5.86. The minimum atomic E-state index is -0.301. The molecule has 82 valence electrons. The lowest BCUT2D eigenvalue weighted by Gasteiger charge is -1.99. The van der Waals surface area contributed by atoms with Gasteiger partial charge in [-0.15, -0.1) is 0 Å². The van der Waals surface area contributed by atoms with Gasteiger partial charge in [0.2, 0.25) is 0 Å². The number of aryl methyl sites for hydroxylation is 1. The molecule has 4 nitrogen and oxygen atoms in total. The summed E-state index contributed by atoms with van der Waals surface area (Å²) in [5.74, 6) is -0.301. The Morgan fingerprint density at radius 1 is 1.67 bits per heavy atom. The molecule has 0 aliphatic rings. The second kappa shape index (κ2) is 6.01. The van der Waals surface area contributed by atoms with Gasteiger partial charge in [-0.05, 0) is 18.6 Å². The summed E-state index contributed by atoms with van der Waals surface area (Å²) in [6, 6.07) is 1.83. The molecule has 0 unspecified atom stereocenters. The van der Waals surface area contributed by atoms with E-state index >= 15 is 0 Å². The van der Waals surface area contributed by atoms with E-state index in [9.17, 15) is 4.79 Å². The van der Waals surface area contributed by atoms with E-state index in [1.54, 1.807) is 17.0 Å². The topological polar surface area (TPSA) is 44.1 Å². The molecule has 0 amide bonds. The van der Waals surface area contributed by atoms with E-state index in [4.69, 9.17) is 4.74 Å². The first kappa shape index (κ1) is 11.5. The van der Waals surface area contributed by atoms with Crippen LogP contribution in [0.4, 0.5) is 0 Å². The average molecular weight is 208 g/mol. The molecule has 0 saturated heterocycles. The van der Waals surface area contributed by atoms with E-state index in [0.29, 0.717) is 6.61 Å². The van der Waals surface area contributed by atoms with Crippen molar-refractivity contribution >= 4 is 12.0 Å². The molecule has 0 fully saturated rings. The zero-order valence-electron chi connectivity index (χ0n) is 9.14. The molecule has 0 N–H and O–H groups in total. The molecular weight excluding hydrogens is 192 g/mol. The van der Waals surface area contributed by atoms with Crippen LogP contribution >= 0.6 is 0 Å². The van der Waals surface area contributed by atoms with Crippen LogP contribution in [-0.2, 0) is 16.6 Å². The Bertz CT molecular complexity index is 342. The Morgan fingerprint density at radius 2 is 2.47 bits per heavy atom. The van der Waals surface area contributed by atoms with Gasteiger partial charge in [0.25, 0.3) is 0 Å². The molecule has 4 heteroatoms. The maximum atomic E-state index is 11.2. The zero-order chi connectivity index (χ0) is 11.1. The first-order valence-corrected chi connectivity index (χ1v) is 5.07. The van der Waals surface area contributed by atoms with Crippen molar-refractivity contribution in [3.63, 3.8) is 0 Å². The number of carbonyl (C=O) groups is 1. The first-order chi connectivity index (χ1) is 7.24. The minimum Gasteiger partial charge on any atom is -0.463 e. The van der Waals surface area contributed by atoms with Crippen LogP contribution in [0.5, 0.6) is 0 Å². The molecule has 0 radical (unpaired) electrons. The molecule has 15 heavy (non-hydrogen) atoms. The lowest BCUT2D eigenvalue weighted by Crippen LogP contribution is -2.02. The van der Waals surface area contributed by atoms with Gasteiger partial charge in [0.05, 0.1) is 12.3 Å². The van der Waals surface area contributed by atoms with Crippen molar-refractivity contribution in [2.24, 2.45) is 7.05 Å². The fourth-order valence-corrected chi connectivity index (χ4v) is 1.07. The average Bonchev–Trinajstić information content (AvgIpc) is 2.61. The summed E-state index contributed by atoms with van der Waals surface area (Å²) in [5.41, 5.74) is 0.877. The number of carbonyl (C=O) groups excluding carboxylic acids is 1. The van der Waals surface area contributed by atoms with Crippen molar-refractivity contribution < 1.29 is 9.53 Å². The number of hydrogen-bond donors (Lipinski definition) is 0. The van der Waals surface area contributed by atoms with Crippen LogP contribution in [0.15, 0.2) is 18.3 Å². The highest BCUT2D eigenvalue weighted by atomic mass is 16.5. The summed E-state index contributed by atoms with van der Waals surface area (Å²) in [6.07, 6.45) is 6.74. The number of hydrogen-bond acceptors (Lipinski definition) is 3. The zero-order valence-corrected chi connectivity index (χ0v) is 9.14. The molecular formula is C11H16N2O2. The van der Waals surface area contributed by atoms with Gasteiger partial charge < -0.3 is 4.74 Å². The minimum absolute atomic E-state index is 0.301. The molecule has 0 spiro atoms. The second-order valence-corrected chi connectivity index (χ2v) is 3.23. The summed E-state index contributed by atoms with van der Waals surface area (Å²) < 4.78 is 6.66. The van der Waals surface area contributed by atoms with Crippen LogP contribution < -0.4 is 0 Å². The molecule has 1 aromatic heterocycles. The molecule has 1 heterocycles. The van der Waals surface area contributed by atoms with Gasteiger partial charge in [-0.3, -0.25) is 4.68 Å². The Labute approximate surface area is 89.5 Å². The summed E-state index contributed by atoms with van der Waals surface area (Å²) in [7, 11) is 1.82. The van der Waals surface area contributed by atoms with Crippen LogP contribution in [0.2, 0.25) is 0 Å². The van der Waals surface area contributed by atoms with E-state index in [2.05, 4.69) is 12.0 Å². The number of ether oxygens (including phenoxy) is 1. The highest BCUT2D eigenvalue weighted by Gasteiger charge is 1.97. The quantitative estimate of drug-likeness (QED) is 0.421. The summed E-state index contributed by atoms with van der Waals surface area (Å²) >= 11 is 0. The SMILES string of the molecule is CCCCOC(=O)/C=C/c1ccnn1C. The molecule has 0 aromatic carbocycles. The number of rotatable bonds is 5. The number of nitrogens with zero attached hydrogens (tertiary/aromatic N) is 2. The Hall–Kier alpha value is -1.58. The predicted molar refractivity (Wildman–Crippen MR) is 58.1 cm³/mol. The van der Waals surface area contributed by atoms with Crippen LogP contribution in [0.25, 0.3) is 6.08 Å². The fraction of sp³-hybridized carbons (Fsp3) is 0.455. The maximum absolute atomic E-state index is 11.2. The van der Waals surface area contributed by atoms with Gasteiger partial charge in [-0.1, -0.05) is 13.3 Å². The number of unbranched alkanes of at least 4 members (excludes halogenated alkanes) is 1. The van der Waals surface area contributed by atoms with Crippen molar-refractivity contribution in [3.8, 4) is 0 Å². The lowest BCUT2D eigenvalue weighted by molar-refractivity contribution is -0.137. The van der Waals surface area contributed by atoms with E-state index in [-0.39, 0.29) is 5.97 Å². The van der Waals surface area contributed by atoms with Crippen molar-refractivity contribution in [3.05, 3.63) is 24.0 Å². The third-order valence-electron chi connectivity index (χ3n) is 1.99. The van der Waals surface area contributed by atoms with E-state index in [0.717, 1.165) is 18.5 Å². The molecule has 0 atom stereocenters. The monoisotopic (exact) mass is 208 g/mol. The third kappa shape index (κ3) is 3.97. The number of esters is 1. The molecule has 0 saturated carbocycles. The van der Waals surface area contributed by atoms with Crippen molar-refractivity contribution in [1.29, 1.82) is 0 Å². The molecule has 0 aliphatic heterocycles. The third-order valence-corrected chi connectivity index (χ3v) is 1.99. The van der Waals surface area contributed by atoms with Crippen molar-refractivity contribution in [2.45, 2.75) is 19.8 Å². The molecule has 0 aliphatic carbocycles. The first-order valence-electron chi connectivity index (χ1n) is 5.07. The van der Waals surface area contributed by atoms with Crippen molar-refractivity contribution in [2.75, 3.05) is 6.61 Å². The lowest BCUT2D eigenvalue weighted by atomic mass is 10.3. The largest absolute Gasteiger partial charge is 0.463 e. The number of aromatic nitrogens is 2. The van der Waals surface area contributed by atoms with Gasteiger partial charge >= 0.3 is 5.97 Å². The van der Waals surface area contributed by atoms with Crippen molar-refractivity contribution in [1.82, 2.24) is 9.78 Å². The van der Waals surface area contributed by atoms with Gasteiger partial charge in [0.1, 0.15) is 0 Å². The molecule has 1 rings (SSSR count). The van der Waals surface area contributed by atoms with Crippen LogP contribution in [0, 0.1) is 0 Å². The Balaban J connectivity index is 2.38. The van der Waals surface area contributed by atoms with Gasteiger partial charge in [0, 0.05) is 19.3 Å². The maximum Gasteiger partial charge on any atom is 0.330 e. The van der Waals surface area contributed by atoms with Crippen LogP contribution in [-0.4, -0.2) is 22.4 Å². The summed E-state index contributed by atoms with van der Waals surface area (Å²) in [6.45, 7) is 2.55.